The third-order valence-corrected chi connectivity index (χ3v) is 7.74. The summed E-state index contributed by atoms with van der Waals surface area (Å²) in [6.07, 6.45) is 2.34. The number of anilines is 1. The van der Waals surface area contributed by atoms with E-state index in [1.807, 2.05) is 25.7 Å². The van der Waals surface area contributed by atoms with Crippen LogP contribution in [0.15, 0.2) is 53.9 Å². The number of rotatable bonds is 5. The number of fused-ring (bicyclic) bond motifs is 1. The van der Waals surface area contributed by atoms with Gasteiger partial charge in [-0.05, 0) is 63.7 Å². The van der Waals surface area contributed by atoms with Gasteiger partial charge < -0.3 is 14.5 Å². The zero-order valence-corrected chi connectivity index (χ0v) is 26.4. The predicted molar refractivity (Wildman–Crippen MR) is 177 cm³/mol. The van der Waals surface area contributed by atoms with Crippen molar-refractivity contribution in [2.45, 2.75) is 66.0 Å². The molecule has 0 saturated carbocycles. The Hall–Kier alpha value is -4.24. The van der Waals surface area contributed by atoms with Crippen molar-refractivity contribution in [2.75, 3.05) is 24.5 Å². The summed E-state index contributed by atoms with van der Waals surface area (Å²) in [6, 6.07) is 9.72. The van der Waals surface area contributed by atoms with Gasteiger partial charge in [0.25, 0.3) is 0 Å². The van der Waals surface area contributed by atoms with Gasteiger partial charge >= 0.3 is 11.8 Å². The molecule has 1 atom stereocenters. The molecule has 0 spiro atoms. The number of halogens is 1. The molecule has 1 aromatic carbocycles. The lowest BCUT2D eigenvalue weighted by molar-refractivity contribution is 0.0218. The van der Waals surface area contributed by atoms with Crippen LogP contribution < -0.4 is 10.6 Å². The number of hydrogen-bond donors (Lipinski definition) is 0. The molecule has 10 heteroatoms. The number of benzene rings is 1. The van der Waals surface area contributed by atoms with Gasteiger partial charge in [-0.2, -0.15) is 4.98 Å². The third kappa shape index (κ3) is 5.93. The van der Waals surface area contributed by atoms with Crippen LogP contribution in [0.2, 0.25) is 5.02 Å². The minimum absolute atomic E-state index is 0.0721. The van der Waals surface area contributed by atoms with Crippen LogP contribution in [0.1, 0.15) is 71.1 Å². The summed E-state index contributed by atoms with van der Waals surface area (Å²) in [5, 5.41) is 0.597. The van der Waals surface area contributed by atoms with Gasteiger partial charge in [-0.25, -0.2) is 19.1 Å². The van der Waals surface area contributed by atoms with Crippen LogP contribution in [0.3, 0.4) is 0 Å². The molecular weight excluding hydrogens is 576 g/mol. The standard InChI is InChI=1S/C34H39ClN6O3/c1-9-23-12-10-11-13-24(23)28-26(35)18-25-30(40-17-16-39(19-22(40)5)33(43)44-34(6,7)8)38-32(42)41(31(25)37-28)29-21(4)14-15-36-27(29)20(2)3/h9-15,18,20,22H,1,16-17,19H2,2-8H3/t22-/m0/s1/i1D2,4D3. The highest BCUT2D eigenvalue weighted by atomic mass is 35.5. The molecule has 1 saturated heterocycles. The Kier molecular flexibility index (Phi) is 6.87. The van der Waals surface area contributed by atoms with Gasteiger partial charge in [-0.15, -0.1) is 0 Å². The molecule has 0 N–H and O–H groups in total. The van der Waals surface area contributed by atoms with E-state index in [9.17, 15) is 9.59 Å². The summed E-state index contributed by atoms with van der Waals surface area (Å²) in [7, 11) is 0. The monoisotopic (exact) mass is 619 g/mol. The number of aromatic nitrogens is 4. The average molecular weight is 620 g/mol. The van der Waals surface area contributed by atoms with Gasteiger partial charge in [-0.3, -0.25) is 4.98 Å². The van der Waals surface area contributed by atoms with Crippen molar-refractivity contribution >= 4 is 40.6 Å². The Morgan fingerprint density at radius 1 is 1.23 bits per heavy atom. The maximum Gasteiger partial charge on any atom is 0.410 e. The van der Waals surface area contributed by atoms with E-state index in [0.29, 0.717) is 41.8 Å². The largest absolute Gasteiger partial charge is 0.444 e. The van der Waals surface area contributed by atoms with Crippen molar-refractivity contribution in [3.63, 3.8) is 0 Å². The molecule has 1 aliphatic rings. The molecule has 1 fully saturated rings. The number of piperazine rings is 1. The summed E-state index contributed by atoms with van der Waals surface area (Å²) >= 11 is 6.96. The molecular formula is C34H39ClN6O3. The number of carbonyl (C=O) groups excluding carboxylic acids is 1. The molecule has 4 heterocycles. The van der Waals surface area contributed by atoms with Crippen molar-refractivity contribution in [1.29, 1.82) is 0 Å². The van der Waals surface area contributed by atoms with Gasteiger partial charge in [0.2, 0.25) is 0 Å². The van der Waals surface area contributed by atoms with Crippen LogP contribution >= 0.6 is 11.6 Å². The summed E-state index contributed by atoms with van der Waals surface area (Å²) in [5.41, 5.74) is 0.326. The summed E-state index contributed by atoms with van der Waals surface area (Å²) in [4.78, 5) is 44.7. The molecule has 0 unspecified atom stereocenters. The van der Waals surface area contributed by atoms with Crippen molar-refractivity contribution < 1.29 is 16.4 Å². The second-order valence-corrected chi connectivity index (χ2v) is 12.6. The van der Waals surface area contributed by atoms with Crippen LogP contribution in [-0.4, -0.2) is 61.8 Å². The number of aryl methyl sites for hydroxylation is 1. The fourth-order valence-electron chi connectivity index (χ4n) is 5.45. The fraction of sp³-hybridized carbons (Fsp3) is 0.382. The smallest absolute Gasteiger partial charge is 0.410 e. The number of pyridine rings is 2. The van der Waals surface area contributed by atoms with Crippen molar-refractivity contribution in [2.24, 2.45) is 0 Å². The van der Waals surface area contributed by atoms with Gasteiger partial charge in [0, 0.05) is 41.5 Å². The number of ether oxygens (including phenoxy) is 1. The molecule has 44 heavy (non-hydrogen) atoms. The van der Waals surface area contributed by atoms with E-state index in [0.717, 1.165) is 0 Å². The third-order valence-electron chi connectivity index (χ3n) is 7.45. The second-order valence-electron chi connectivity index (χ2n) is 12.2. The van der Waals surface area contributed by atoms with Crippen molar-refractivity contribution in [3.05, 3.63) is 81.5 Å². The second kappa shape index (κ2) is 12.0. The van der Waals surface area contributed by atoms with Crippen molar-refractivity contribution in [3.8, 4) is 16.9 Å². The van der Waals surface area contributed by atoms with Crippen LogP contribution in [-0.2, 0) is 4.74 Å². The Bertz CT molecular complexity index is 2000. The Labute approximate surface area is 270 Å². The fourth-order valence-corrected chi connectivity index (χ4v) is 5.70. The molecule has 0 aliphatic carbocycles. The highest BCUT2D eigenvalue weighted by Crippen LogP contribution is 2.36. The normalized spacial score (nSPS) is 17.5. The molecule has 4 aromatic rings. The molecule has 5 rings (SSSR count). The molecule has 1 aliphatic heterocycles. The topological polar surface area (TPSA) is 93.5 Å². The Balaban J connectivity index is 1.81. The van der Waals surface area contributed by atoms with E-state index in [2.05, 4.69) is 9.97 Å². The molecule has 1 amide bonds. The van der Waals surface area contributed by atoms with Crippen LogP contribution in [0, 0.1) is 6.85 Å². The maximum absolute atomic E-state index is 14.3. The lowest BCUT2D eigenvalue weighted by atomic mass is 10.0. The average Bonchev–Trinajstić information content (AvgIpc) is 2.99. The van der Waals surface area contributed by atoms with E-state index in [1.54, 1.807) is 56.0 Å². The zero-order chi connectivity index (χ0) is 36.0. The molecule has 230 valence electrons. The highest BCUT2D eigenvalue weighted by Gasteiger charge is 2.33. The number of nitrogens with zero attached hydrogens (tertiary/aromatic N) is 6. The summed E-state index contributed by atoms with van der Waals surface area (Å²) in [5.74, 6) is 0.0109. The first-order valence-electron chi connectivity index (χ1n) is 17.0. The van der Waals surface area contributed by atoms with E-state index in [1.165, 1.54) is 22.9 Å². The Morgan fingerprint density at radius 3 is 2.68 bits per heavy atom. The highest BCUT2D eigenvalue weighted by molar-refractivity contribution is 6.34. The van der Waals surface area contributed by atoms with Gasteiger partial charge in [0.15, 0.2) is 5.65 Å². The summed E-state index contributed by atoms with van der Waals surface area (Å²) < 4.78 is 47.3. The van der Waals surface area contributed by atoms with Crippen LogP contribution in [0.4, 0.5) is 10.6 Å². The van der Waals surface area contributed by atoms with E-state index in [4.69, 9.17) is 28.2 Å². The lowest BCUT2D eigenvalue weighted by Gasteiger charge is -2.41. The number of carbonyl (C=O) groups is 1. The predicted octanol–water partition coefficient (Wildman–Crippen LogP) is 7.02. The van der Waals surface area contributed by atoms with Gasteiger partial charge in [-0.1, -0.05) is 62.3 Å². The number of amides is 1. The van der Waals surface area contributed by atoms with Crippen LogP contribution in [0.5, 0.6) is 0 Å². The van der Waals surface area contributed by atoms with Gasteiger partial charge in [0.1, 0.15) is 11.4 Å². The Morgan fingerprint density at radius 2 is 2.00 bits per heavy atom. The first-order valence-corrected chi connectivity index (χ1v) is 14.9. The van der Waals surface area contributed by atoms with E-state index >= 15 is 0 Å². The van der Waals surface area contributed by atoms with Crippen molar-refractivity contribution in [1.82, 2.24) is 24.4 Å². The lowest BCUT2D eigenvalue weighted by Crippen LogP contribution is -2.55. The minimum Gasteiger partial charge on any atom is -0.444 e. The molecule has 9 nitrogen and oxygen atoms in total. The first-order chi connectivity index (χ1) is 22.9. The zero-order valence-electron chi connectivity index (χ0n) is 30.7. The SMILES string of the molecule is [2H]C([2H])=Cc1ccccc1-c1nc2c(cc1Cl)c(N1CCN(C(=O)OC(C)(C)C)C[C@@H]1C)nc(=O)n2-c1c(C([2H])([2H])[2H])ccnc1C(C)C. The summed E-state index contributed by atoms with van der Waals surface area (Å²) in [6.45, 7) is 8.92. The molecule has 0 radical (unpaired) electrons. The van der Waals surface area contributed by atoms with Crippen LogP contribution in [0.25, 0.3) is 34.1 Å². The van der Waals surface area contributed by atoms with E-state index in [-0.39, 0.29) is 45.4 Å². The minimum atomic E-state index is -2.61. The van der Waals surface area contributed by atoms with Gasteiger partial charge in [0.05, 0.1) is 30.2 Å². The number of hydrogen-bond acceptors (Lipinski definition) is 7. The maximum atomic E-state index is 14.3. The van der Waals surface area contributed by atoms with E-state index < -0.39 is 30.8 Å². The first kappa shape index (κ1) is 25.1. The molecule has 0 bridgehead atoms. The molecule has 3 aromatic heterocycles. The quantitative estimate of drug-likeness (QED) is 0.237.